The first-order valence-electron chi connectivity index (χ1n) is 5.00. The zero-order valence-electron chi connectivity index (χ0n) is 8.90. The van der Waals surface area contributed by atoms with Gasteiger partial charge in [0.1, 0.15) is 5.82 Å². The summed E-state index contributed by atoms with van der Waals surface area (Å²) in [6.45, 7) is 2.16. The van der Waals surface area contributed by atoms with Crippen LogP contribution in [0.5, 0.6) is 0 Å². The fraction of sp³-hybridized carbons (Fsp3) is 0.273. The van der Waals surface area contributed by atoms with E-state index in [0.29, 0.717) is 35.8 Å². The Labute approximate surface area is 92.3 Å². The molecule has 0 amide bonds. The number of aromatic nitrogens is 2. The van der Waals surface area contributed by atoms with Gasteiger partial charge >= 0.3 is 0 Å². The summed E-state index contributed by atoms with van der Waals surface area (Å²) in [4.78, 5) is 4.12. The van der Waals surface area contributed by atoms with Gasteiger partial charge in [-0.05, 0) is 31.2 Å². The molecule has 0 saturated carbocycles. The predicted molar refractivity (Wildman–Crippen MR) is 57.2 cm³/mol. The van der Waals surface area contributed by atoms with Crippen LogP contribution in [-0.2, 0) is 6.42 Å². The Morgan fingerprint density at radius 1 is 1.44 bits per heavy atom. The molecule has 84 valence electrons. The standard InChI is InChI=1S/C11H12FN3O/c1-7-2-3-8(6-9(7)12)11-14-10(4-5-13)15-16-11/h2-3,6H,4-5,13H2,1H3. The molecule has 2 aromatic rings. The van der Waals surface area contributed by atoms with Gasteiger partial charge in [-0.1, -0.05) is 11.2 Å². The topological polar surface area (TPSA) is 64.9 Å². The Kier molecular flexibility index (Phi) is 2.96. The largest absolute Gasteiger partial charge is 0.334 e. The first kappa shape index (κ1) is 10.8. The number of nitrogens with zero attached hydrogens (tertiary/aromatic N) is 2. The lowest BCUT2D eigenvalue weighted by Crippen LogP contribution is -2.03. The van der Waals surface area contributed by atoms with E-state index in [1.54, 1.807) is 19.1 Å². The molecule has 1 aromatic carbocycles. The first-order valence-corrected chi connectivity index (χ1v) is 5.00. The van der Waals surface area contributed by atoms with Crippen molar-refractivity contribution < 1.29 is 8.91 Å². The van der Waals surface area contributed by atoms with Gasteiger partial charge in [0.2, 0.25) is 0 Å². The van der Waals surface area contributed by atoms with Gasteiger partial charge in [0.05, 0.1) is 0 Å². The molecule has 0 bridgehead atoms. The smallest absolute Gasteiger partial charge is 0.258 e. The van der Waals surface area contributed by atoms with Crippen molar-refractivity contribution in [3.63, 3.8) is 0 Å². The van der Waals surface area contributed by atoms with E-state index < -0.39 is 0 Å². The third-order valence-electron chi connectivity index (χ3n) is 2.25. The van der Waals surface area contributed by atoms with Crippen molar-refractivity contribution in [2.45, 2.75) is 13.3 Å². The Hall–Kier alpha value is -1.75. The van der Waals surface area contributed by atoms with E-state index in [2.05, 4.69) is 10.1 Å². The van der Waals surface area contributed by atoms with Crippen molar-refractivity contribution in [3.8, 4) is 11.5 Å². The van der Waals surface area contributed by atoms with E-state index in [-0.39, 0.29) is 5.82 Å². The third kappa shape index (κ3) is 2.09. The fourth-order valence-corrected chi connectivity index (χ4v) is 1.33. The van der Waals surface area contributed by atoms with Crippen molar-refractivity contribution in [2.24, 2.45) is 5.73 Å². The molecule has 0 spiro atoms. The van der Waals surface area contributed by atoms with Crippen LogP contribution in [0.1, 0.15) is 11.4 Å². The lowest BCUT2D eigenvalue weighted by atomic mass is 10.1. The van der Waals surface area contributed by atoms with Crippen molar-refractivity contribution in [2.75, 3.05) is 6.54 Å². The minimum absolute atomic E-state index is 0.281. The minimum Gasteiger partial charge on any atom is -0.334 e. The van der Waals surface area contributed by atoms with Crippen LogP contribution >= 0.6 is 0 Å². The zero-order chi connectivity index (χ0) is 11.5. The molecule has 2 N–H and O–H groups in total. The maximum absolute atomic E-state index is 13.3. The lowest BCUT2D eigenvalue weighted by Gasteiger charge is -1.97. The van der Waals surface area contributed by atoms with Crippen LogP contribution in [0, 0.1) is 12.7 Å². The number of hydrogen-bond donors (Lipinski definition) is 1. The Bertz CT molecular complexity index is 496. The molecule has 1 heterocycles. The van der Waals surface area contributed by atoms with E-state index in [0.717, 1.165) is 0 Å². The molecule has 5 heteroatoms. The molecule has 0 saturated heterocycles. The maximum Gasteiger partial charge on any atom is 0.258 e. The van der Waals surface area contributed by atoms with Crippen LogP contribution in [0.3, 0.4) is 0 Å². The van der Waals surface area contributed by atoms with Gasteiger partial charge in [0.15, 0.2) is 5.82 Å². The third-order valence-corrected chi connectivity index (χ3v) is 2.25. The molecule has 0 atom stereocenters. The molecule has 4 nitrogen and oxygen atoms in total. The monoisotopic (exact) mass is 221 g/mol. The quantitative estimate of drug-likeness (QED) is 0.856. The van der Waals surface area contributed by atoms with Gasteiger partial charge in [-0.3, -0.25) is 0 Å². The lowest BCUT2D eigenvalue weighted by molar-refractivity contribution is 0.422. The van der Waals surface area contributed by atoms with Crippen molar-refractivity contribution in [1.29, 1.82) is 0 Å². The van der Waals surface area contributed by atoms with E-state index in [9.17, 15) is 4.39 Å². The summed E-state index contributed by atoms with van der Waals surface area (Å²) in [5.74, 6) is 0.580. The number of aryl methyl sites for hydroxylation is 1. The normalized spacial score (nSPS) is 10.7. The fourth-order valence-electron chi connectivity index (χ4n) is 1.33. The van der Waals surface area contributed by atoms with E-state index >= 15 is 0 Å². The molecular weight excluding hydrogens is 209 g/mol. The number of benzene rings is 1. The molecule has 0 unspecified atom stereocenters. The van der Waals surface area contributed by atoms with Gasteiger partial charge in [0, 0.05) is 12.0 Å². The molecule has 0 aliphatic rings. The second kappa shape index (κ2) is 4.40. The highest BCUT2D eigenvalue weighted by Gasteiger charge is 2.09. The molecule has 16 heavy (non-hydrogen) atoms. The summed E-state index contributed by atoms with van der Waals surface area (Å²) >= 11 is 0. The average Bonchev–Trinajstić information content (AvgIpc) is 2.71. The second-order valence-electron chi connectivity index (χ2n) is 3.52. The Balaban J connectivity index is 2.31. The Morgan fingerprint density at radius 2 is 2.25 bits per heavy atom. The zero-order valence-corrected chi connectivity index (χ0v) is 8.90. The van der Waals surface area contributed by atoms with Gasteiger partial charge < -0.3 is 10.3 Å². The summed E-state index contributed by atoms with van der Waals surface area (Å²) < 4.78 is 18.3. The molecule has 0 aliphatic heterocycles. The second-order valence-corrected chi connectivity index (χ2v) is 3.52. The van der Waals surface area contributed by atoms with E-state index in [1.165, 1.54) is 6.07 Å². The van der Waals surface area contributed by atoms with E-state index in [1.807, 2.05) is 0 Å². The first-order chi connectivity index (χ1) is 7.70. The van der Waals surface area contributed by atoms with Gasteiger partial charge in [-0.15, -0.1) is 0 Å². The van der Waals surface area contributed by atoms with Crippen LogP contribution in [0.25, 0.3) is 11.5 Å². The van der Waals surface area contributed by atoms with Crippen LogP contribution in [0.4, 0.5) is 4.39 Å². The van der Waals surface area contributed by atoms with Crippen molar-refractivity contribution in [3.05, 3.63) is 35.4 Å². The minimum atomic E-state index is -0.281. The highest BCUT2D eigenvalue weighted by atomic mass is 19.1. The molecule has 1 aromatic heterocycles. The SMILES string of the molecule is Cc1ccc(-c2nc(CCN)no2)cc1F. The van der Waals surface area contributed by atoms with Crippen LogP contribution in [0.15, 0.2) is 22.7 Å². The van der Waals surface area contributed by atoms with Gasteiger partial charge in [-0.2, -0.15) is 4.98 Å². The van der Waals surface area contributed by atoms with Gasteiger partial charge in [0.25, 0.3) is 5.89 Å². The van der Waals surface area contributed by atoms with Crippen LogP contribution < -0.4 is 5.73 Å². The predicted octanol–water partition coefficient (Wildman–Crippen LogP) is 1.69. The summed E-state index contributed by atoms with van der Waals surface area (Å²) in [6.07, 6.45) is 0.553. The number of nitrogens with two attached hydrogens (primary N) is 1. The number of rotatable bonds is 3. The summed E-state index contributed by atoms with van der Waals surface area (Å²) in [5, 5.41) is 3.75. The number of hydrogen-bond acceptors (Lipinski definition) is 4. The highest BCUT2D eigenvalue weighted by molar-refractivity contribution is 5.53. The van der Waals surface area contributed by atoms with E-state index in [4.69, 9.17) is 10.3 Å². The molecule has 0 fully saturated rings. The number of halogens is 1. The molecule has 0 aliphatic carbocycles. The van der Waals surface area contributed by atoms with Crippen molar-refractivity contribution in [1.82, 2.24) is 10.1 Å². The van der Waals surface area contributed by atoms with Crippen molar-refractivity contribution >= 4 is 0 Å². The summed E-state index contributed by atoms with van der Waals surface area (Å²) in [5.41, 5.74) is 6.54. The maximum atomic E-state index is 13.3. The van der Waals surface area contributed by atoms with Crippen LogP contribution in [0.2, 0.25) is 0 Å². The van der Waals surface area contributed by atoms with Crippen LogP contribution in [-0.4, -0.2) is 16.7 Å². The summed E-state index contributed by atoms with van der Waals surface area (Å²) in [7, 11) is 0. The molecule has 2 rings (SSSR count). The molecule has 0 radical (unpaired) electrons. The Morgan fingerprint density at radius 3 is 2.94 bits per heavy atom. The summed E-state index contributed by atoms with van der Waals surface area (Å²) in [6, 6.07) is 4.81. The average molecular weight is 221 g/mol. The highest BCUT2D eigenvalue weighted by Crippen LogP contribution is 2.19. The van der Waals surface area contributed by atoms with Gasteiger partial charge in [-0.25, -0.2) is 4.39 Å². The molecular formula is C11H12FN3O.